The number of ether oxygens (including phenoxy) is 2. The SMILES string of the molecule is O=C(Nc1ccc(OCc2ccccc2)cc1)Nc1ncccc1C(=O)NCCCN1CCOCC1. The van der Waals surface area contributed by atoms with Gasteiger partial charge in [-0.15, -0.1) is 0 Å². The zero-order chi connectivity index (χ0) is 25.0. The highest BCUT2D eigenvalue weighted by molar-refractivity contribution is 6.05. The molecule has 4 rings (SSSR count). The number of aromatic nitrogens is 1. The molecular formula is C27H31N5O4. The summed E-state index contributed by atoms with van der Waals surface area (Å²) >= 11 is 0. The largest absolute Gasteiger partial charge is 0.489 e. The van der Waals surface area contributed by atoms with Crippen LogP contribution in [-0.2, 0) is 11.3 Å². The minimum Gasteiger partial charge on any atom is -0.489 e. The van der Waals surface area contributed by atoms with Crippen LogP contribution in [0.1, 0.15) is 22.3 Å². The first-order valence-corrected chi connectivity index (χ1v) is 12.1. The van der Waals surface area contributed by atoms with Gasteiger partial charge in [0.05, 0.1) is 18.8 Å². The van der Waals surface area contributed by atoms with Crippen molar-refractivity contribution in [1.82, 2.24) is 15.2 Å². The molecule has 3 aromatic rings. The molecule has 188 valence electrons. The van der Waals surface area contributed by atoms with E-state index in [1.807, 2.05) is 30.3 Å². The van der Waals surface area contributed by atoms with Crippen LogP contribution in [0.15, 0.2) is 72.9 Å². The molecule has 2 heterocycles. The lowest BCUT2D eigenvalue weighted by atomic mass is 10.2. The first kappa shape index (κ1) is 25.2. The molecule has 0 spiro atoms. The second kappa shape index (κ2) is 13.2. The summed E-state index contributed by atoms with van der Waals surface area (Å²) in [5.74, 6) is 0.617. The normalized spacial score (nSPS) is 13.6. The monoisotopic (exact) mass is 489 g/mol. The zero-order valence-corrected chi connectivity index (χ0v) is 20.1. The number of carbonyl (C=O) groups is 2. The summed E-state index contributed by atoms with van der Waals surface area (Å²) in [5.41, 5.74) is 1.97. The van der Waals surface area contributed by atoms with Crippen molar-refractivity contribution in [1.29, 1.82) is 0 Å². The zero-order valence-electron chi connectivity index (χ0n) is 20.1. The van der Waals surface area contributed by atoms with Crippen LogP contribution in [0.5, 0.6) is 5.75 Å². The maximum absolute atomic E-state index is 12.7. The Balaban J connectivity index is 1.24. The van der Waals surface area contributed by atoms with Gasteiger partial charge in [-0.1, -0.05) is 30.3 Å². The van der Waals surface area contributed by atoms with Crippen molar-refractivity contribution in [2.75, 3.05) is 50.0 Å². The number of urea groups is 1. The fourth-order valence-electron chi connectivity index (χ4n) is 3.76. The molecule has 1 aromatic heterocycles. The van der Waals surface area contributed by atoms with E-state index in [0.717, 1.165) is 44.8 Å². The molecule has 2 aromatic carbocycles. The summed E-state index contributed by atoms with van der Waals surface area (Å²) in [4.78, 5) is 31.7. The molecule has 36 heavy (non-hydrogen) atoms. The van der Waals surface area contributed by atoms with Crippen molar-refractivity contribution in [3.05, 3.63) is 84.1 Å². The molecule has 3 amide bonds. The van der Waals surface area contributed by atoms with Crippen molar-refractivity contribution < 1.29 is 19.1 Å². The van der Waals surface area contributed by atoms with Gasteiger partial charge < -0.3 is 20.1 Å². The maximum Gasteiger partial charge on any atom is 0.324 e. The number of hydrogen-bond acceptors (Lipinski definition) is 6. The summed E-state index contributed by atoms with van der Waals surface area (Å²) in [7, 11) is 0. The summed E-state index contributed by atoms with van der Waals surface area (Å²) < 4.78 is 11.1. The standard InChI is InChI=1S/C27H31N5O4/c33-26(29-14-5-15-32-16-18-35-19-17-32)24-8-4-13-28-25(24)31-27(34)30-22-9-11-23(12-10-22)36-20-21-6-2-1-3-7-21/h1-4,6-13H,5,14-20H2,(H,29,33)(H2,28,30,31,34). The average Bonchev–Trinajstić information content (AvgIpc) is 2.92. The van der Waals surface area contributed by atoms with Gasteiger partial charge in [0.15, 0.2) is 0 Å². The van der Waals surface area contributed by atoms with Crippen LogP contribution in [0.3, 0.4) is 0 Å². The van der Waals surface area contributed by atoms with Crippen molar-refractivity contribution in [2.24, 2.45) is 0 Å². The van der Waals surface area contributed by atoms with E-state index in [-0.39, 0.29) is 11.7 Å². The minimum absolute atomic E-state index is 0.198. The first-order chi connectivity index (χ1) is 17.7. The Kier molecular flexibility index (Phi) is 9.24. The number of morpholine rings is 1. The Bertz CT molecular complexity index is 1120. The summed E-state index contributed by atoms with van der Waals surface area (Å²) in [6.45, 7) is 5.25. The van der Waals surface area contributed by atoms with Gasteiger partial charge in [-0.25, -0.2) is 9.78 Å². The van der Waals surface area contributed by atoms with Crippen molar-refractivity contribution in [3.63, 3.8) is 0 Å². The van der Waals surface area contributed by atoms with Gasteiger partial charge in [0, 0.05) is 31.5 Å². The van der Waals surface area contributed by atoms with E-state index in [9.17, 15) is 9.59 Å². The predicted octanol–water partition coefficient (Wildman–Crippen LogP) is 3.76. The topological polar surface area (TPSA) is 105 Å². The predicted molar refractivity (Wildman–Crippen MR) is 138 cm³/mol. The van der Waals surface area contributed by atoms with Gasteiger partial charge in [0.25, 0.3) is 5.91 Å². The lowest BCUT2D eigenvalue weighted by Gasteiger charge is -2.26. The number of nitrogens with one attached hydrogen (secondary N) is 3. The Hall–Kier alpha value is -3.95. The molecule has 0 unspecified atom stereocenters. The third-order valence-electron chi connectivity index (χ3n) is 5.69. The van der Waals surface area contributed by atoms with E-state index in [2.05, 4.69) is 25.8 Å². The molecule has 0 aliphatic carbocycles. The Morgan fingerprint density at radius 3 is 2.50 bits per heavy atom. The van der Waals surface area contributed by atoms with Gasteiger partial charge in [0.2, 0.25) is 0 Å². The molecule has 0 atom stereocenters. The van der Waals surface area contributed by atoms with Crippen LogP contribution in [0, 0.1) is 0 Å². The lowest BCUT2D eigenvalue weighted by molar-refractivity contribution is 0.0374. The van der Waals surface area contributed by atoms with Gasteiger partial charge in [-0.3, -0.25) is 15.0 Å². The van der Waals surface area contributed by atoms with Crippen LogP contribution >= 0.6 is 0 Å². The molecule has 9 heteroatoms. The van der Waals surface area contributed by atoms with Gasteiger partial charge in [0.1, 0.15) is 18.2 Å². The van der Waals surface area contributed by atoms with Crippen LogP contribution in [-0.4, -0.2) is 61.2 Å². The molecule has 9 nitrogen and oxygen atoms in total. The van der Waals surface area contributed by atoms with Crippen molar-refractivity contribution in [2.45, 2.75) is 13.0 Å². The Labute approximate surface area is 210 Å². The summed E-state index contributed by atoms with van der Waals surface area (Å²) in [6.07, 6.45) is 2.37. The highest BCUT2D eigenvalue weighted by Gasteiger charge is 2.15. The smallest absolute Gasteiger partial charge is 0.324 e. The molecule has 0 radical (unpaired) electrons. The van der Waals surface area contributed by atoms with E-state index in [4.69, 9.17) is 9.47 Å². The lowest BCUT2D eigenvalue weighted by Crippen LogP contribution is -2.38. The van der Waals surface area contributed by atoms with E-state index < -0.39 is 6.03 Å². The van der Waals surface area contributed by atoms with Gasteiger partial charge in [-0.2, -0.15) is 0 Å². The molecular weight excluding hydrogens is 458 g/mol. The van der Waals surface area contributed by atoms with Crippen LogP contribution in [0.25, 0.3) is 0 Å². The quantitative estimate of drug-likeness (QED) is 0.375. The highest BCUT2D eigenvalue weighted by Crippen LogP contribution is 2.18. The fourth-order valence-corrected chi connectivity index (χ4v) is 3.76. The number of pyridine rings is 1. The van der Waals surface area contributed by atoms with Crippen molar-refractivity contribution in [3.8, 4) is 5.75 Å². The first-order valence-electron chi connectivity index (χ1n) is 12.1. The number of benzene rings is 2. The number of anilines is 2. The molecule has 0 bridgehead atoms. The van der Waals surface area contributed by atoms with E-state index in [1.54, 1.807) is 36.4 Å². The number of rotatable bonds is 10. The van der Waals surface area contributed by atoms with Gasteiger partial charge in [-0.05, 0) is 54.9 Å². The van der Waals surface area contributed by atoms with Crippen LogP contribution in [0.4, 0.5) is 16.3 Å². The summed E-state index contributed by atoms with van der Waals surface area (Å²) in [6, 6.07) is 19.8. The number of hydrogen-bond donors (Lipinski definition) is 3. The Morgan fingerprint density at radius 2 is 1.72 bits per heavy atom. The van der Waals surface area contributed by atoms with Crippen LogP contribution < -0.4 is 20.7 Å². The number of amides is 3. The third-order valence-corrected chi connectivity index (χ3v) is 5.69. The van der Waals surface area contributed by atoms with E-state index in [0.29, 0.717) is 30.2 Å². The third kappa shape index (κ3) is 7.79. The second-order valence-electron chi connectivity index (χ2n) is 8.34. The molecule has 1 aliphatic heterocycles. The highest BCUT2D eigenvalue weighted by atomic mass is 16.5. The molecule has 1 aliphatic rings. The number of carbonyl (C=O) groups excluding carboxylic acids is 2. The molecule has 0 saturated carbocycles. The summed E-state index contributed by atoms with van der Waals surface area (Å²) in [5, 5.41) is 8.33. The van der Waals surface area contributed by atoms with Gasteiger partial charge >= 0.3 is 6.03 Å². The molecule has 1 fully saturated rings. The van der Waals surface area contributed by atoms with Crippen LogP contribution in [0.2, 0.25) is 0 Å². The van der Waals surface area contributed by atoms with E-state index >= 15 is 0 Å². The second-order valence-corrected chi connectivity index (χ2v) is 8.34. The molecule has 3 N–H and O–H groups in total. The number of nitrogens with zero attached hydrogens (tertiary/aromatic N) is 2. The molecule has 1 saturated heterocycles. The van der Waals surface area contributed by atoms with E-state index in [1.165, 1.54) is 6.20 Å². The van der Waals surface area contributed by atoms with Crippen molar-refractivity contribution >= 4 is 23.4 Å². The average molecular weight is 490 g/mol. The maximum atomic E-state index is 12.7. The minimum atomic E-state index is -0.493. The Morgan fingerprint density at radius 1 is 0.944 bits per heavy atom. The fraction of sp³-hybridized carbons (Fsp3) is 0.296.